The number of aromatic nitrogens is 1. The van der Waals surface area contributed by atoms with Crippen molar-refractivity contribution in [1.82, 2.24) is 9.88 Å². The molecule has 9 heteroatoms. The minimum atomic E-state index is -0.266. The minimum absolute atomic E-state index is 0.0910. The fourth-order valence-corrected chi connectivity index (χ4v) is 5.99. The minimum Gasteiger partial charge on any atom is -0.342 e. The lowest BCUT2D eigenvalue weighted by Crippen LogP contribution is -2.39. The Balaban J connectivity index is 1.42. The number of nitrogens with one attached hydrogen (secondary N) is 2. The summed E-state index contributed by atoms with van der Waals surface area (Å²) < 4.78 is 0.862. The molecule has 1 saturated carbocycles. The van der Waals surface area contributed by atoms with Crippen molar-refractivity contribution in [3.63, 3.8) is 0 Å². The number of hydrogen-bond acceptors (Lipinski definition) is 6. The Morgan fingerprint density at radius 2 is 1.85 bits per heavy atom. The number of amides is 3. The van der Waals surface area contributed by atoms with Crippen LogP contribution in [0, 0.1) is 0 Å². The Kier molecular flexibility index (Phi) is 7.84. The Labute approximate surface area is 207 Å². The molecule has 0 atom stereocenters. The van der Waals surface area contributed by atoms with Crippen LogP contribution in [0.5, 0.6) is 0 Å². The highest BCUT2D eigenvalue weighted by Gasteiger charge is 2.22. The van der Waals surface area contributed by atoms with E-state index in [-0.39, 0.29) is 17.7 Å². The number of carbonyl (C=O) groups is 3. The van der Waals surface area contributed by atoms with Crippen molar-refractivity contribution < 1.29 is 14.4 Å². The second kappa shape index (κ2) is 11.0. The smallest absolute Gasteiger partial charge is 0.258 e. The molecular formula is C25H28N4O3S2. The highest BCUT2D eigenvalue weighted by atomic mass is 32.2. The van der Waals surface area contributed by atoms with E-state index in [1.165, 1.54) is 49.3 Å². The Hall–Kier alpha value is -2.91. The molecule has 0 radical (unpaired) electrons. The van der Waals surface area contributed by atoms with Crippen molar-refractivity contribution in [1.29, 1.82) is 0 Å². The number of benzene rings is 2. The molecule has 34 heavy (non-hydrogen) atoms. The van der Waals surface area contributed by atoms with E-state index in [9.17, 15) is 14.4 Å². The average Bonchev–Trinajstić information content (AvgIpc) is 3.23. The Morgan fingerprint density at radius 1 is 1.09 bits per heavy atom. The van der Waals surface area contributed by atoms with Crippen LogP contribution in [-0.4, -0.2) is 46.4 Å². The lowest BCUT2D eigenvalue weighted by atomic mass is 9.94. The summed E-state index contributed by atoms with van der Waals surface area (Å²) >= 11 is 2.73. The first-order chi connectivity index (χ1) is 16.4. The molecule has 1 fully saturated rings. The van der Waals surface area contributed by atoms with Crippen LogP contribution in [0.4, 0.5) is 10.8 Å². The molecule has 3 aromatic rings. The number of anilines is 2. The summed E-state index contributed by atoms with van der Waals surface area (Å²) in [7, 11) is 1.89. The van der Waals surface area contributed by atoms with Gasteiger partial charge in [0.05, 0.1) is 21.5 Å². The van der Waals surface area contributed by atoms with E-state index in [1.54, 1.807) is 12.1 Å². The van der Waals surface area contributed by atoms with Crippen LogP contribution >= 0.6 is 23.1 Å². The molecule has 0 saturated heterocycles. The summed E-state index contributed by atoms with van der Waals surface area (Å²) in [4.78, 5) is 44.2. The maximum absolute atomic E-state index is 13.0. The van der Waals surface area contributed by atoms with E-state index in [0.717, 1.165) is 28.0 Å². The monoisotopic (exact) mass is 496 g/mol. The van der Waals surface area contributed by atoms with E-state index in [1.807, 2.05) is 42.3 Å². The molecule has 2 N–H and O–H groups in total. The fraction of sp³-hybridized carbons (Fsp3) is 0.360. The summed E-state index contributed by atoms with van der Waals surface area (Å²) in [6.45, 7) is 1.46. The summed E-state index contributed by atoms with van der Waals surface area (Å²) in [5.41, 5.74) is 1.94. The van der Waals surface area contributed by atoms with Gasteiger partial charge in [-0.25, -0.2) is 4.98 Å². The largest absolute Gasteiger partial charge is 0.342 e. The number of thiazole rings is 1. The average molecular weight is 497 g/mol. The zero-order chi connectivity index (χ0) is 24.1. The third-order valence-corrected chi connectivity index (χ3v) is 7.92. The third-order valence-electron chi connectivity index (χ3n) is 5.93. The summed E-state index contributed by atoms with van der Waals surface area (Å²) in [5, 5.41) is 6.11. The van der Waals surface area contributed by atoms with Gasteiger partial charge in [0.1, 0.15) is 0 Å². The van der Waals surface area contributed by atoms with Gasteiger partial charge in [0, 0.05) is 30.6 Å². The van der Waals surface area contributed by atoms with Crippen LogP contribution in [0.3, 0.4) is 0 Å². The van der Waals surface area contributed by atoms with Crippen LogP contribution in [0.15, 0.2) is 47.4 Å². The van der Waals surface area contributed by atoms with Gasteiger partial charge in [0.25, 0.3) is 5.91 Å². The molecule has 4 rings (SSSR count). The van der Waals surface area contributed by atoms with Crippen LogP contribution in [0.2, 0.25) is 0 Å². The number of fused-ring (bicyclic) bond motifs is 1. The molecule has 0 unspecified atom stereocenters. The quantitative estimate of drug-likeness (QED) is 0.428. The molecule has 0 aliphatic heterocycles. The van der Waals surface area contributed by atoms with Crippen LogP contribution in [-0.2, 0) is 9.59 Å². The van der Waals surface area contributed by atoms with Crippen LogP contribution < -0.4 is 10.6 Å². The van der Waals surface area contributed by atoms with Crippen molar-refractivity contribution in [2.75, 3.05) is 23.4 Å². The van der Waals surface area contributed by atoms with Gasteiger partial charge < -0.3 is 10.2 Å². The summed E-state index contributed by atoms with van der Waals surface area (Å²) in [6.07, 6.45) is 5.75. The van der Waals surface area contributed by atoms with E-state index in [4.69, 9.17) is 0 Å². The first-order valence-corrected chi connectivity index (χ1v) is 13.2. The number of rotatable bonds is 7. The molecule has 3 amide bonds. The summed E-state index contributed by atoms with van der Waals surface area (Å²) in [6, 6.07) is 13.1. The van der Waals surface area contributed by atoms with Gasteiger partial charge in [-0.2, -0.15) is 0 Å². The van der Waals surface area contributed by atoms with E-state index >= 15 is 0 Å². The predicted octanol–water partition coefficient (Wildman–Crippen LogP) is 5.39. The normalized spacial score (nSPS) is 14.1. The molecular weight excluding hydrogens is 468 g/mol. The Bertz CT molecular complexity index is 1200. The van der Waals surface area contributed by atoms with Crippen molar-refractivity contribution in [3.8, 4) is 0 Å². The van der Waals surface area contributed by atoms with Gasteiger partial charge in [-0.05, 0) is 43.2 Å². The molecule has 1 heterocycles. The van der Waals surface area contributed by atoms with Gasteiger partial charge >= 0.3 is 0 Å². The van der Waals surface area contributed by atoms with Gasteiger partial charge in [0.15, 0.2) is 5.13 Å². The molecule has 0 bridgehead atoms. The maximum Gasteiger partial charge on any atom is 0.258 e. The molecule has 2 aromatic carbocycles. The van der Waals surface area contributed by atoms with Crippen molar-refractivity contribution in [2.24, 2.45) is 0 Å². The number of carbonyl (C=O) groups excluding carboxylic acids is 3. The number of hydrogen-bond donors (Lipinski definition) is 2. The van der Waals surface area contributed by atoms with Gasteiger partial charge in [-0.15, -0.1) is 11.8 Å². The number of thioether (sulfide) groups is 1. The van der Waals surface area contributed by atoms with E-state index in [0.29, 0.717) is 28.2 Å². The van der Waals surface area contributed by atoms with Gasteiger partial charge in [-0.3, -0.25) is 19.7 Å². The maximum atomic E-state index is 13.0. The van der Waals surface area contributed by atoms with Gasteiger partial charge in [0.2, 0.25) is 11.8 Å². The fourth-order valence-electron chi connectivity index (χ4n) is 4.12. The molecule has 1 aromatic heterocycles. The second-order valence-corrected chi connectivity index (χ2v) is 10.5. The van der Waals surface area contributed by atoms with E-state index < -0.39 is 0 Å². The lowest BCUT2D eigenvalue weighted by molar-refractivity contribution is -0.129. The Morgan fingerprint density at radius 3 is 2.62 bits per heavy atom. The van der Waals surface area contributed by atoms with Crippen molar-refractivity contribution >= 4 is 61.9 Å². The SMILES string of the molecule is CC(=O)Nc1ccc2nc(NC(=O)c3ccccc3SCC(=O)N(C)C3CCCCC3)sc2c1. The predicted molar refractivity (Wildman–Crippen MR) is 139 cm³/mol. The van der Waals surface area contributed by atoms with E-state index in [2.05, 4.69) is 15.6 Å². The lowest BCUT2D eigenvalue weighted by Gasteiger charge is -2.31. The topological polar surface area (TPSA) is 91.4 Å². The first-order valence-electron chi connectivity index (χ1n) is 11.4. The standard InChI is InChI=1S/C25H28N4O3S2/c1-16(30)26-17-12-13-20-22(14-17)34-25(27-20)28-24(32)19-10-6-7-11-21(19)33-15-23(31)29(2)18-8-4-3-5-9-18/h6-7,10-14,18H,3-5,8-9,15H2,1-2H3,(H,26,30)(H,27,28,32). The summed E-state index contributed by atoms with van der Waals surface area (Å²) in [5.74, 6) is -0.0230. The van der Waals surface area contributed by atoms with Crippen LogP contribution in [0.25, 0.3) is 10.2 Å². The second-order valence-electron chi connectivity index (χ2n) is 8.42. The molecule has 7 nitrogen and oxygen atoms in total. The zero-order valence-electron chi connectivity index (χ0n) is 19.3. The number of nitrogens with zero attached hydrogens (tertiary/aromatic N) is 2. The van der Waals surface area contributed by atoms with Crippen molar-refractivity contribution in [2.45, 2.75) is 50.0 Å². The molecule has 178 valence electrons. The zero-order valence-corrected chi connectivity index (χ0v) is 20.9. The third kappa shape index (κ3) is 5.95. The van der Waals surface area contributed by atoms with Crippen LogP contribution in [0.1, 0.15) is 49.4 Å². The molecule has 1 aliphatic carbocycles. The first kappa shape index (κ1) is 24.2. The molecule has 0 spiro atoms. The highest BCUT2D eigenvalue weighted by Crippen LogP contribution is 2.30. The van der Waals surface area contributed by atoms with Gasteiger partial charge in [-0.1, -0.05) is 42.7 Å². The van der Waals surface area contributed by atoms with Crippen molar-refractivity contribution in [3.05, 3.63) is 48.0 Å². The highest BCUT2D eigenvalue weighted by molar-refractivity contribution is 8.00. The molecule has 1 aliphatic rings.